The van der Waals surface area contributed by atoms with Crippen LogP contribution in [0.5, 0.6) is 0 Å². The summed E-state index contributed by atoms with van der Waals surface area (Å²) in [4.78, 5) is 4.39. The highest BCUT2D eigenvalue weighted by molar-refractivity contribution is 5.68. The van der Waals surface area contributed by atoms with Gasteiger partial charge in [0.1, 0.15) is 0 Å². The molecule has 0 unspecified atom stereocenters. The third kappa shape index (κ3) is 2.75. The van der Waals surface area contributed by atoms with Gasteiger partial charge in [0.2, 0.25) is 0 Å². The van der Waals surface area contributed by atoms with Gasteiger partial charge in [-0.1, -0.05) is 19.1 Å². The molecule has 3 nitrogen and oxygen atoms in total. The third-order valence-electron chi connectivity index (χ3n) is 2.66. The minimum Gasteiger partial charge on any atom is -0.396 e. The van der Waals surface area contributed by atoms with Gasteiger partial charge in [0.05, 0.1) is 5.69 Å². The van der Waals surface area contributed by atoms with Gasteiger partial charge in [0.15, 0.2) is 5.82 Å². The highest BCUT2D eigenvalue weighted by Crippen LogP contribution is 2.21. The molecule has 1 heterocycles. The van der Waals surface area contributed by atoms with Gasteiger partial charge in [-0.05, 0) is 43.2 Å². The van der Waals surface area contributed by atoms with Crippen LogP contribution in [0, 0.1) is 6.92 Å². The van der Waals surface area contributed by atoms with E-state index in [0.717, 1.165) is 23.6 Å². The van der Waals surface area contributed by atoms with Crippen molar-refractivity contribution in [2.24, 2.45) is 0 Å². The van der Waals surface area contributed by atoms with E-state index in [-0.39, 0.29) is 0 Å². The first-order valence-electron chi connectivity index (χ1n) is 5.78. The van der Waals surface area contributed by atoms with Crippen molar-refractivity contribution < 1.29 is 0 Å². The maximum atomic E-state index is 5.88. The van der Waals surface area contributed by atoms with E-state index in [2.05, 4.69) is 29.4 Å². The number of nitrogens with two attached hydrogens (primary N) is 1. The number of nitrogen functional groups attached to an aromatic ring is 1. The molecular formula is C14H17N3. The molecule has 0 radical (unpaired) electrons. The van der Waals surface area contributed by atoms with Crippen molar-refractivity contribution in [3.63, 3.8) is 0 Å². The van der Waals surface area contributed by atoms with Crippen molar-refractivity contribution in [2.75, 3.05) is 11.1 Å². The summed E-state index contributed by atoms with van der Waals surface area (Å²) in [6.45, 7) is 4.09. The average Bonchev–Trinajstić information content (AvgIpc) is 2.34. The second kappa shape index (κ2) is 4.87. The number of nitrogens with zero attached hydrogens (tertiary/aromatic N) is 1. The van der Waals surface area contributed by atoms with Crippen LogP contribution >= 0.6 is 0 Å². The number of aryl methyl sites for hydroxylation is 2. The normalized spacial score (nSPS) is 10.2. The molecule has 1 aromatic carbocycles. The van der Waals surface area contributed by atoms with Gasteiger partial charge in [-0.3, -0.25) is 0 Å². The maximum Gasteiger partial charge on any atom is 0.153 e. The molecule has 2 aromatic rings. The molecule has 1 aromatic heterocycles. The van der Waals surface area contributed by atoms with Crippen molar-refractivity contribution in [2.45, 2.75) is 20.3 Å². The summed E-state index contributed by atoms with van der Waals surface area (Å²) in [6, 6.07) is 12.1. The zero-order chi connectivity index (χ0) is 12.3. The van der Waals surface area contributed by atoms with Gasteiger partial charge in [-0.25, -0.2) is 4.98 Å². The lowest BCUT2D eigenvalue weighted by molar-refractivity contribution is 1.14. The number of anilines is 3. The van der Waals surface area contributed by atoms with E-state index < -0.39 is 0 Å². The smallest absolute Gasteiger partial charge is 0.153 e. The number of hydrogen-bond acceptors (Lipinski definition) is 3. The molecular weight excluding hydrogens is 210 g/mol. The van der Waals surface area contributed by atoms with Crippen LogP contribution in [0.1, 0.15) is 18.2 Å². The van der Waals surface area contributed by atoms with Crippen LogP contribution in [0.25, 0.3) is 0 Å². The summed E-state index contributed by atoms with van der Waals surface area (Å²) >= 11 is 0. The molecule has 3 heteroatoms. The molecule has 17 heavy (non-hydrogen) atoms. The topological polar surface area (TPSA) is 50.9 Å². The number of rotatable bonds is 3. The van der Waals surface area contributed by atoms with E-state index >= 15 is 0 Å². The second-order valence-electron chi connectivity index (χ2n) is 4.07. The summed E-state index contributed by atoms with van der Waals surface area (Å²) < 4.78 is 0. The van der Waals surface area contributed by atoms with Gasteiger partial charge >= 0.3 is 0 Å². The van der Waals surface area contributed by atoms with Crippen LogP contribution in [0.15, 0.2) is 36.4 Å². The Morgan fingerprint density at radius 3 is 2.82 bits per heavy atom. The lowest BCUT2D eigenvalue weighted by Crippen LogP contribution is -2.00. The van der Waals surface area contributed by atoms with Gasteiger partial charge in [-0.2, -0.15) is 0 Å². The SMILES string of the molecule is CCc1cccc(Nc2nc(C)ccc2N)c1. The average molecular weight is 227 g/mol. The van der Waals surface area contributed by atoms with Gasteiger partial charge in [0.25, 0.3) is 0 Å². The Labute approximate surface area is 102 Å². The fourth-order valence-electron chi connectivity index (χ4n) is 1.67. The quantitative estimate of drug-likeness (QED) is 0.846. The van der Waals surface area contributed by atoms with Crippen LogP contribution in [0.4, 0.5) is 17.2 Å². The summed E-state index contributed by atoms with van der Waals surface area (Å²) in [5.74, 6) is 0.721. The first-order chi connectivity index (χ1) is 8.19. The predicted octanol–water partition coefficient (Wildman–Crippen LogP) is 3.28. The second-order valence-corrected chi connectivity index (χ2v) is 4.07. The van der Waals surface area contributed by atoms with Crippen molar-refractivity contribution in [1.29, 1.82) is 0 Å². The molecule has 0 amide bonds. The summed E-state index contributed by atoms with van der Waals surface area (Å²) in [5, 5.41) is 3.25. The molecule has 0 spiro atoms. The molecule has 2 rings (SSSR count). The predicted molar refractivity (Wildman–Crippen MR) is 72.5 cm³/mol. The molecule has 0 saturated carbocycles. The molecule has 0 aliphatic rings. The number of pyridine rings is 1. The maximum absolute atomic E-state index is 5.88. The van der Waals surface area contributed by atoms with E-state index in [1.165, 1.54) is 5.56 Å². The Kier molecular flexibility index (Phi) is 3.28. The number of benzene rings is 1. The van der Waals surface area contributed by atoms with Crippen LogP contribution in [-0.2, 0) is 6.42 Å². The largest absolute Gasteiger partial charge is 0.396 e. The Hall–Kier alpha value is -2.03. The van der Waals surface area contributed by atoms with Crippen molar-refractivity contribution >= 4 is 17.2 Å². The van der Waals surface area contributed by atoms with Crippen LogP contribution in [0.3, 0.4) is 0 Å². The Bertz CT molecular complexity index is 521. The number of hydrogen-bond donors (Lipinski definition) is 2. The molecule has 3 N–H and O–H groups in total. The van der Waals surface area contributed by atoms with E-state index in [1.54, 1.807) is 0 Å². The van der Waals surface area contributed by atoms with Crippen molar-refractivity contribution in [3.05, 3.63) is 47.7 Å². The van der Waals surface area contributed by atoms with Crippen LogP contribution in [0.2, 0.25) is 0 Å². The van der Waals surface area contributed by atoms with Crippen molar-refractivity contribution in [1.82, 2.24) is 4.98 Å². The van der Waals surface area contributed by atoms with Gasteiger partial charge in [0, 0.05) is 11.4 Å². The number of nitrogens with one attached hydrogen (secondary N) is 1. The zero-order valence-corrected chi connectivity index (χ0v) is 10.2. The Morgan fingerprint density at radius 1 is 1.24 bits per heavy atom. The number of aromatic nitrogens is 1. The van der Waals surface area contributed by atoms with E-state index in [0.29, 0.717) is 5.69 Å². The zero-order valence-electron chi connectivity index (χ0n) is 10.2. The minimum absolute atomic E-state index is 0.664. The molecule has 88 valence electrons. The first-order valence-corrected chi connectivity index (χ1v) is 5.78. The summed E-state index contributed by atoms with van der Waals surface area (Å²) in [6.07, 6.45) is 1.02. The lowest BCUT2D eigenvalue weighted by atomic mass is 10.1. The third-order valence-corrected chi connectivity index (χ3v) is 2.66. The standard InChI is InChI=1S/C14H17N3/c1-3-11-5-4-6-12(9-11)17-14-13(15)8-7-10(2)16-14/h4-9H,3,15H2,1-2H3,(H,16,17). The summed E-state index contributed by atoms with van der Waals surface area (Å²) in [7, 11) is 0. The Morgan fingerprint density at radius 2 is 2.06 bits per heavy atom. The van der Waals surface area contributed by atoms with Crippen LogP contribution < -0.4 is 11.1 Å². The van der Waals surface area contributed by atoms with Gasteiger partial charge in [-0.15, -0.1) is 0 Å². The fraction of sp³-hybridized carbons (Fsp3) is 0.214. The Balaban J connectivity index is 2.27. The minimum atomic E-state index is 0.664. The highest BCUT2D eigenvalue weighted by atomic mass is 15.0. The molecule has 0 fully saturated rings. The van der Waals surface area contributed by atoms with E-state index in [4.69, 9.17) is 5.73 Å². The highest BCUT2D eigenvalue weighted by Gasteiger charge is 2.02. The fourth-order valence-corrected chi connectivity index (χ4v) is 1.67. The van der Waals surface area contributed by atoms with E-state index in [1.807, 2.05) is 31.2 Å². The molecule has 0 atom stereocenters. The molecule has 0 aliphatic heterocycles. The molecule has 0 saturated heterocycles. The van der Waals surface area contributed by atoms with Crippen LogP contribution in [-0.4, -0.2) is 4.98 Å². The molecule has 0 aliphatic carbocycles. The van der Waals surface area contributed by atoms with E-state index in [9.17, 15) is 0 Å². The molecule has 0 bridgehead atoms. The summed E-state index contributed by atoms with van der Waals surface area (Å²) in [5.41, 5.74) is 9.81. The first kappa shape index (κ1) is 11.5. The lowest BCUT2D eigenvalue weighted by Gasteiger charge is -2.10. The van der Waals surface area contributed by atoms with Crippen molar-refractivity contribution in [3.8, 4) is 0 Å². The monoisotopic (exact) mass is 227 g/mol. The van der Waals surface area contributed by atoms with Gasteiger partial charge < -0.3 is 11.1 Å².